The van der Waals surface area contributed by atoms with Crippen molar-refractivity contribution >= 4 is 5.91 Å². The number of ether oxygens (including phenoxy) is 1. The standard InChI is InChI=1S/C13H23NO3/c1-10-2-5-13(9-15,6-3-10)14-12(16)11-4-7-17-8-11/h10-11,15H,2-9H2,1H3,(H,14,16). The monoisotopic (exact) mass is 241 g/mol. The van der Waals surface area contributed by atoms with Gasteiger partial charge in [-0.3, -0.25) is 4.79 Å². The summed E-state index contributed by atoms with van der Waals surface area (Å²) in [6.45, 7) is 3.50. The van der Waals surface area contributed by atoms with Crippen LogP contribution in [-0.2, 0) is 9.53 Å². The third kappa shape index (κ3) is 2.99. The maximum atomic E-state index is 12.1. The third-order valence-corrected chi connectivity index (χ3v) is 4.22. The summed E-state index contributed by atoms with van der Waals surface area (Å²) < 4.78 is 5.23. The predicted octanol–water partition coefficient (Wildman–Crippen LogP) is 1.08. The van der Waals surface area contributed by atoms with Crippen molar-refractivity contribution in [1.29, 1.82) is 0 Å². The molecule has 1 unspecified atom stereocenters. The summed E-state index contributed by atoms with van der Waals surface area (Å²) in [6.07, 6.45) is 4.77. The quantitative estimate of drug-likeness (QED) is 0.777. The van der Waals surface area contributed by atoms with E-state index in [1.807, 2.05) is 0 Å². The van der Waals surface area contributed by atoms with Crippen LogP contribution >= 0.6 is 0 Å². The Morgan fingerprint density at radius 3 is 2.65 bits per heavy atom. The number of hydrogen-bond acceptors (Lipinski definition) is 3. The predicted molar refractivity (Wildman–Crippen MR) is 64.5 cm³/mol. The molecule has 0 bridgehead atoms. The molecule has 0 aromatic rings. The van der Waals surface area contributed by atoms with Gasteiger partial charge in [-0.15, -0.1) is 0 Å². The number of aliphatic hydroxyl groups excluding tert-OH is 1. The fraction of sp³-hybridized carbons (Fsp3) is 0.923. The normalized spacial score (nSPS) is 38.0. The molecular formula is C13H23NO3. The molecule has 0 radical (unpaired) electrons. The topological polar surface area (TPSA) is 58.6 Å². The lowest BCUT2D eigenvalue weighted by Gasteiger charge is -2.39. The second-order valence-electron chi connectivity index (χ2n) is 5.67. The van der Waals surface area contributed by atoms with Crippen molar-refractivity contribution in [2.75, 3.05) is 19.8 Å². The highest BCUT2D eigenvalue weighted by Crippen LogP contribution is 2.32. The Hall–Kier alpha value is -0.610. The first-order valence-electron chi connectivity index (χ1n) is 6.66. The highest BCUT2D eigenvalue weighted by Gasteiger charge is 2.37. The van der Waals surface area contributed by atoms with Crippen LogP contribution in [0.3, 0.4) is 0 Å². The zero-order chi connectivity index (χ0) is 12.3. The van der Waals surface area contributed by atoms with E-state index in [1.54, 1.807) is 0 Å². The van der Waals surface area contributed by atoms with Crippen LogP contribution in [0, 0.1) is 11.8 Å². The number of carbonyl (C=O) groups excluding carboxylic acids is 1. The smallest absolute Gasteiger partial charge is 0.226 e. The number of nitrogens with one attached hydrogen (secondary N) is 1. The van der Waals surface area contributed by atoms with E-state index in [0.29, 0.717) is 19.1 Å². The van der Waals surface area contributed by atoms with Gasteiger partial charge < -0.3 is 15.2 Å². The maximum absolute atomic E-state index is 12.1. The lowest BCUT2D eigenvalue weighted by molar-refractivity contribution is -0.128. The van der Waals surface area contributed by atoms with Gasteiger partial charge in [-0.25, -0.2) is 0 Å². The molecule has 0 aromatic heterocycles. The van der Waals surface area contributed by atoms with E-state index >= 15 is 0 Å². The largest absolute Gasteiger partial charge is 0.394 e. The Morgan fingerprint density at radius 1 is 1.41 bits per heavy atom. The summed E-state index contributed by atoms with van der Waals surface area (Å²) in [7, 11) is 0. The highest BCUT2D eigenvalue weighted by atomic mass is 16.5. The van der Waals surface area contributed by atoms with E-state index in [9.17, 15) is 9.90 Å². The second-order valence-corrected chi connectivity index (χ2v) is 5.67. The van der Waals surface area contributed by atoms with Crippen LogP contribution in [0.2, 0.25) is 0 Å². The first-order valence-corrected chi connectivity index (χ1v) is 6.66. The van der Waals surface area contributed by atoms with Crippen LogP contribution < -0.4 is 5.32 Å². The van der Waals surface area contributed by atoms with Crippen molar-refractivity contribution in [3.8, 4) is 0 Å². The van der Waals surface area contributed by atoms with E-state index in [-0.39, 0.29) is 24.0 Å². The molecular weight excluding hydrogens is 218 g/mol. The van der Waals surface area contributed by atoms with Gasteiger partial charge in [0.2, 0.25) is 5.91 Å². The lowest BCUT2D eigenvalue weighted by Crippen LogP contribution is -2.54. The van der Waals surface area contributed by atoms with Crippen LogP contribution in [0.15, 0.2) is 0 Å². The summed E-state index contributed by atoms with van der Waals surface area (Å²) in [5.74, 6) is 0.755. The second kappa shape index (κ2) is 5.36. The molecule has 1 saturated carbocycles. The molecule has 1 aliphatic heterocycles. The molecule has 17 heavy (non-hydrogen) atoms. The van der Waals surface area contributed by atoms with Crippen LogP contribution in [0.1, 0.15) is 39.0 Å². The van der Waals surface area contributed by atoms with Gasteiger partial charge in [-0.05, 0) is 38.0 Å². The molecule has 4 nitrogen and oxygen atoms in total. The molecule has 1 saturated heterocycles. The zero-order valence-electron chi connectivity index (χ0n) is 10.6. The van der Waals surface area contributed by atoms with Crippen molar-refractivity contribution in [3.63, 3.8) is 0 Å². The van der Waals surface area contributed by atoms with Crippen LogP contribution in [0.5, 0.6) is 0 Å². The molecule has 1 aliphatic carbocycles. The molecule has 0 spiro atoms. The van der Waals surface area contributed by atoms with Crippen LogP contribution in [0.4, 0.5) is 0 Å². The van der Waals surface area contributed by atoms with Gasteiger partial charge in [0.1, 0.15) is 0 Å². The SMILES string of the molecule is CC1CCC(CO)(NC(=O)C2CCOC2)CC1. The van der Waals surface area contributed by atoms with Gasteiger partial charge in [0.15, 0.2) is 0 Å². The number of aliphatic hydroxyl groups is 1. The molecule has 98 valence electrons. The van der Waals surface area contributed by atoms with Gasteiger partial charge in [0, 0.05) is 6.61 Å². The van der Waals surface area contributed by atoms with Crippen molar-refractivity contribution in [2.24, 2.45) is 11.8 Å². The van der Waals surface area contributed by atoms with Crippen molar-refractivity contribution < 1.29 is 14.6 Å². The summed E-state index contributed by atoms with van der Waals surface area (Å²) >= 11 is 0. The first kappa shape index (κ1) is 12.8. The summed E-state index contributed by atoms with van der Waals surface area (Å²) in [5.41, 5.74) is -0.369. The zero-order valence-corrected chi connectivity index (χ0v) is 10.6. The molecule has 1 heterocycles. The minimum absolute atomic E-state index is 0.0159. The Morgan fingerprint density at radius 2 is 2.12 bits per heavy atom. The first-order chi connectivity index (χ1) is 8.15. The summed E-state index contributed by atoms with van der Waals surface area (Å²) in [4.78, 5) is 12.1. The van der Waals surface area contributed by atoms with E-state index in [0.717, 1.165) is 32.1 Å². The summed E-state index contributed by atoms with van der Waals surface area (Å²) in [6, 6.07) is 0. The number of carbonyl (C=O) groups is 1. The van der Waals surface area contributed by atoms with Gasteiger partial charge in [-0.2, -0.15) is 0 Å². The molecule has 4 heteroatoms. The van der Waals surface area contributed by atoms with Gasteiger partial charge in [0.25, 0.3) is 0 Å². The molecule has 2 rings (SSSR count). The molecule has 2 fully saturated rings. The van der Waals surface area contributed by atoms with Crippen LogP contribution in [0.25, 0.3) is 0 Å². The van der Waals surface area contributed by atoms with Gasteiger partial charge >= 0.3 is 0 Å². The summed E-state index contributed by atoms with van der Waals surface area (Å²) in [5, 5.41) is 12.6. The fourth-order valence-corrected chi connectivity index (χ4v) is 2.74. The Bertz CT molecular complexity index is 266. The Kier molecular flexibility index (Phi) is 4.05. The van der Waals surface area contributed by atoms with E-state index in [2.05, 4.69) is 12.2 Å². The van der Waals surface area contributed by atoms with E-state index in [4.69, 9.17) is 4.74 Å². The average Bonchev–Trinajstić information content (AvgIpc) is 2.86. The van der Waals surface area contributed by atoms with Gasteiger partial charge in [-0.1, -0.05) is 6.92 Å². The molecule has 1 atom stereocenters. The number of rotatable bonds is 3. The molecule has 2 aliphatic rings. The fourth-order valence-electron chi connectivity index (χ4n) is 2.74. The minimum atomic E-state index is -0.369. The minimum Gasteiger partial charge on any atom is -0.394 e. The molecule has 0 aromatic carbocycles. The van der Waals surface area contributed by atoms with Crippen LogP contribution in [-0.4, -0.2) is 36.4 Å². The van der Waals surface area contributed by atoms with Crippen molar-refractivity contribution in [1.82, 2.24) is 5.32 Å². The van der Waals surface area contributed by atoms with Crippen molar-refractivity contribution in [3.05, 3.63) is 0 Å². The Labute approximate surface area is 103 Å². The van der Waals surface area contributed by atoms with E-state index < -0.39 is 0 Å². The highest BCUT2D eigenvalue weighted by molar-refractivity contribution is 5.79. The Balaban J connectivity index is 1.92. The van der Waals surface area contributed by atoms with E-state index in [1.165, 1.54) is 0 Å². The number of amides is 1. The molecule has 1 amide bonds. The van der Waals surface area contributed by atoms with Gasteiger partial charge in [0.05, 0.1) is 24.7 Å². The molecule has 2 N–H and O–H groups in total. The average molecular weight is 241 g/mol. The third-order valence-electron chi connectivity index (χ3n) is 4.22. The number of hydrogen-bond donors (Lipinski definition) is 2. The lowest BCUT2D eigenvalue weighted by atomic mass is 9.77. The van der Waals surface area contributed by atoms with Crippen molar-refractivity contribution in [2.45, 2.75) is 44.6 Å². The maximum Gasteiger partial charge on any atom is 0.226 e.